The number of carbonyl (C=O) groups excluding carboxylic acids is 1. The average molecular weight is 443 g/mol. The van der Waals surface area contributed by atoms with Gasteiger partial charge < -0.3 is 24.4 Å². The van der Waals surface area contributed by atoms with Gasteiger partial charge in [0.2, 0.25) is 0 Å². The Balaban J connectivity index is 1.16. The number of urea groups is 1. The molecule has 1 aromatic heterocycles. The van der Waals surface area contributed by atoms with Crippen molar-refractivity contribution in [3.05, 3.63) is 47.8 Å². The van der Waals surface area contributed by atoms with Crippen molar-refractivity contribution in [1.29, 1.82) is 0 Å². The van der Waals surface area contributed by atoms with Crippen molar-refractivity contribution in [2.45, 2.75) is 37.4 Å². The van der Waals surface area contributed by atoms with Crippen LogP contribution in [0.3, 0.4) is 0 Å². The molecular weight excluding hydrogens is 412 g/mol. The zero-order valence-corrected chi connectivity index (χ0v) is 18.3. The molecule has 10 heteroatoms. The maximum atomic E-state index is 12.5. The number of ether oxygens (including phenoxy) is 3. The maximum Gasteiger partial charge on any atom is 0.317 e. The molecule has 3 fully saturated rings. The summed E-state index contributed by atoms with van der Waals surface area (Å²) in [6.45, 7) is 4.84. The third-order valence-corrected chi connectivity index (χ3v) is 6.26. The molecule has 0 aliphatic carbocycles. The van der Waals surface area contributed by atoms with Gasteiger partial charge in [-0.15, -0.1) is 5.10 Å². The zero-order valence-electron chi connectivity index (χ0n) is 18.3. The minimum absolute atomic E-state index is 0.0500. The molecule has 172 valence electrons. The van der Waals surface area contributed by atoms with Gasteiger partial charge in [0.1, 0.15) is 18.2 Å². The first-order valence-electron chi connectivity index (χ1n) is 11.2. The second-order valence-corrected chi connectivity index (χ2v) is 8.67. The number of aromatic nitrogens is 3. The van der Waals surface area contributed by atoms with Gasteiger partial charge in [-0.1, -0.05) is 35.5 Å². The summed E-state index contributed by atoms with van der Waals surface area (Å²) in [7, 11) is 2.07. The molecule has 0 radical (unpaired) electrons. The van der Waals surface area contributed by atoms with Crippen LogP contribution in [-0.4, -0.2) is 95.6 Å². The van der Waals surface area contributed by atoms with E-state index in [1.807, 2.05) is 29.1 Å². The number of morpholine rings is 1. The lowest BCUT2D eigenvalue weighted by Crippen LogP contribution is -2.52. The van der Waals surface area contributed by atoms with Crippen molar-refractivity contribution in [3.8, 4) is 0 Å². The molecule has 4 heterocycles. The normalized spacial score (nSPS) is 27.6. The summed E-state index contributed by atoms with van der Waals surface area (Å²) < 4.78 is 19.2. The van der Waals surface area contributed by atoms with Gasteiger partial charge in [0.15, 0.2) is 0 Å². The molecule has 1 aromatic carbocycles. The van der Waals surface area contributed by atoms with E-state index in [0.29, 0.717) is 46.1 Å². The molecule has 0 unspecified atom stereocenters. The van der Waals surface area contributed by atoms with Crippen LogP contribution in [0.4, 0.5) is 4.79 Å². The van der Waals surface area contributed by atoms with Crippen molar-refractivity contribution in [2.24, 2.45) is 0 Å². The van der Waals surface area contributed by atoms with E-state index in [1.54, 1.807) is 4.90 Å². The van der Waals surface area contributed by atoms with Gasteiger partial charge in [-0.2, -0.15) is 0 Å². The third-order valence-electron chi connectivity index (χ3n) is 6.26. The maximum absolute atomic E-state index is 12.5. The predicted molar refractivity (Wildman–Crippen MR) is 115 cm³/mol. The molecule has 0 spiro atoms. The summed E-state index contributed by atoms with van der Waals surface area (Å²) >= 11 is 0. The number of hydrogen-bond donors (Lipinski definition) is 1. The van der Waals surface area contributed by atoms with E-state index in [0.717, 1.165) is 12.2 Å². The first-order chi connectivity index (χ1) is 15.7. The highest BCUT2D eigenvalue weighted by atomic mass is 16.6. The van der Waals surface area contributed by atoms with E-state index in [9.17, 15) is 4.79 Å². The van der Waals surface area contributed by atoms with Crippen LogP contribution in [0.5, 0.6) is 0 Å². The quantitative estimate of drug-likeness (QED) is 0.702. The summed E-state index contributed by atoms with van der Waals surface area (Å²) in [6, 6.07) is 10.1. The van der Waals surface area contributed by atoms with Gasteiger partial charge in [-0.25, -0.2) is 9.48 Å². The fourth-order valence-electron chi connectivity index (χ4n) is 4.62. The Morgan fingerprint density at radius 2 is 1.91 bits per heavy atom. The molecule has 4 atom stereocenters. The Bertz CT molecular complexity index is 903. The first-order valence-corrected chi connectivity index (χ1v) is 11.2. The van der Waals surface area contributed by atoms with Crippen molar-refractivity contribution in [1.82, 2.24) is 30.1 Å². The van der Waals surface area contributed by atoms with Gasteiger partial charge >= 0.3 is 6.03 Å². The lowest BCUT2D eigenvalue weighted by Gasteiger charge is -2.29. The number of amides is 2. The van der Waals surface area contributed by atoms with Gasteiger partial charge in [0.05, 0.1) is 44.4 Å². The molecule has 3 aliphatic rings. The van der Waals surface area contributed by atoms with Crippen LogP contribution in [0, 0.1) is 0 Å². The van der Waals surface area contributed by atoms with E-state index in [2.05, 4.69) is 39.7 Å². The lowest BCUT2D eigenvalue weighted by molar-refractivity contribution is 0.0485. The molecule has 0 saturated carbocycles. The number of rotatable bonds is 6. The van der Waals surface area contributed by atoms with E-state index in [-0.39, 0.29) is 30.3 Å². The van der Waals surface area contributed by atoms with Crippen LogP contribution in [0.25, 0.3) is 0 Å². The molecule has 10 nitrogen and oxygen atoms in total. The Labute approximate surface area is 187 Å². The molecule has 32 heavy (non-hydrogen) atoms. The number of benzene rings is 1. The summed E-state index contributed by atoms with van der Waals surface area (Å²) in [6.07, 6.45) is 1.64. The minimum atomic E-state index is -0.182. The highest BCUT2D eigenvalue weighted by Gasteiger charge is 2.49. The van der Waals surface area contributed by atoms with E-state index in [1.165, 1.54) is 5.56 Å². The topological polar surface area (TPSA) is 94.0 Å². The Morgan fingerprint density at radius 1 is 1.12 bits per heavy atom. The zero-order chi connectivity index (χ0) is 21.9. The molecule has 5 rings (SSSR count). The lowest BCUT2D eigenvalue weighted by atomic mass is 10.1. The van der Waals surface area contributed by atoms with Crippen molar-refractivity contribution in [3.63, 3.8) is 0 Å². The fraction of sp³-hybridized carbons (Fsp3) is 0.591. The Morgan fingerprint density at radius 3 is 2.72 bits per heavy atom. The first kappa shape index (κ1) is 21.3. The predicted octanol–water partition coefficient (Wildman–Crippen LogP) is 0.659. The number of fused-ring (bicyclic) bond motifs is 1. The Kier molecular flexibility index (Phi) is 6.35. The second-order valence-electron chi connectivity index (χ2n) is 8.67. The van der Waals surface area contributed by atoms with Crippen molar-refractivity contribution in [2.75, 3.05) is 46.6 Å². The van der Waals surface area contributed by atoms with E-state index in [4.69, 9.17) is 14.2 Å². The molecule has 0 bridgehead atoms. The molecule has 2 amide bonds. The monoisotopic (exact) mass is 442 g/mol. The number of nitrogens with zero attached hydrogens (tertiary/aromatic N) is 5. The smallest absolute Gasteiger partial charge is 0.317 e. The van der Waals surface area contributed by atoms with Crippen molar-refractivity contribution < 1.29 is 19.0 Å². The van der Waals surface area contributed by atoms with Crippen LogP contribution in [0.2, 0.25) is 0 Å². The molecule has 3 aliphatic heterocycles. The Hall–Kier alpha value is -2.53. The average Bonchev–Trinajstić information content (AvgIpc) is 3.53. The van der Waals surface area contributed by atoms with Gasteiger partial charge in [-0.05, 0) is 12.6 Å². The number of nitrogens with one attached hydrogen (secondary N) is 1. The van der Waals surface area contributed by atoms with Gasteiger partial charge in [0.25, 0.3) is 0 Å². The number of carbonyl (C=O) groups is 1. The van der Waals surface area contributed by atoms with Crippen LogP contribution < -0.4 is 5.32 Å². The van der Waals surface area contributed by atoms with E-state index >= 15 is 0 Å². The van der Waals surface area contributed by atoms with Crippen LogP contribution >= 0.6 is 0 Å². The molecule has 1 N–H and O–H groups in total. The standard InChI is InChI=1S/C22H30N6O4/c1-26(11-16-5-3-2-4-6-16)12-17-13-28(25-24-17)19-15-32-20-18(14-31-21(19)20)23-22(29)27-7-9-30-10-8-27/h2-6,13,18-21H,7-12,14-15H2,1H3,(H,23,29)/t18-,19+,20-,21+/m0/s1. The molecular formula is C22H30N6O4. The summed E-state index contributed by atoms with van der Waals surface area (Å²) in [4.78, 5) is 16.5. The third kappa shape index (κ3) is 4.63. The van der Waals surface area contributed by atoms with Gasteiger partial charge in [0, 0.05) is 26.2 Å². The minimum Gasteiger partial charge on any atom is -0.378 e. The number of hydrogen-bond acceptors (Lipinski definition) is 7. The molecule has 3 saturated heterocycles. The SMILES string of the molecule is CN(Cc1ccccc1)Cc1cn([C@@H]2CO[C@@H]3[C@@H]2OC[C@@H]3NC(=O)N2CCOCC2)nn1. The van der Waals surface area contributed by atoms with Crippen LogP contribution in [0.1, 0.15) is 17.3 Å². The highest BCUT2D eigenvalue weighted by molar-refractivity contribution is 5.74. The summed E-state index contributed by atoms with van der Waals surface area (Å²) in [5, 5.41) is 11.8. The highest BCUT2D eigenvalue weighted by Crippen LogP contribution is 2.34. The molecule has 2 aromatic rings. The summed E-state index contributed by atoms with van der Waals surface area (Å²) in [5.74, 6) is 0. The van der Waals surface area contributed by atoms with Crippen LogP contribution in [0.15, 0.2) is 36.5 Å². The fourth-order valence-corrected chi connectivity index (χ4v) is 4.62. The summed E-state index contributed by atoms with van der Waals surface area (Å²) in [5.41, 5.74) is 2.17. The second kappa shape index (κ2) is 9.53. The van der Waals surface area contributed by atoms with Crippen LogP contribution in [-0.2, 0) is 27.3 Å². The van der Waals surface area contributed by atoms with Gasteiger partial charge in [-0.3, -0.25) is 4.90 Å². The van der Waals surface area contributed by atoms with Crippen molar-refractivity contribution >= 4 is 6.03 Å². The van der Waals surface area contributed by atoms with E-state index < -0.39 is 0 Å². The largest absolute Gasteiger partial charge is 0.378 e.